The zero-order valence-electron chi connectivity index (χ0n) is 10.3. The van der Waals surface area contributed by atoms with Gasteiger partial charge in [-0.25, -0.2) is 9.50 Å². The first-order valence-electron chi connectivity index (χ1n) is 5.57. The third-order valence-corrected chi connectivity index (χ3v) is 2.69. The predicted octanol–water partition coefficient (Wildman–Crippen LogP) is 0.210. The summed E-state index contributed by atoms with van der Waals surface area (Å²) in [5, 5.41) is 7.40. The zero-order valence-corrected chi connectivity index (χ0v) is 10.3. The summed E-state index contributed by atoms with van der Waals surface area (Å²) < 4.78 is 6.94. The number of aromatic nitrogens is 4. The first-order chi connectivity index (χ1) is 8.24. The molecular formula is C11H17N5O. The minimum absolute atomic E-state index is 0.259. The van der Waals surface area contributed by atoms with Crippen molar-refractivity contribution in [3.63, 3.8) is 0 Å². The summed E-state index contributed by atoms with van der Waals surface area (Å²) in [6.07, 6.45) is 2.35. The van der Waals surface area contributed by atoms with Crippen molar-refractivity contribution in [2.45, 2.75) is 19.4 Å². The van der Waals surface area contributed by atoms with E-state index in [1.54, 1.807) is 11.6 Å². The number of methoxy groups -OCH3 is 1. The Morgan fingerprint density at radius 1 is 1.53 bits per heavy atom. The van der Waals surface area contributed by atoms with Gasteiger partial charge in [-0.3, -0.25) is 0 Å². The predicted molar refractivity (Wildman–Crippen MR) is 63.9 cm³/mol. The second-order valence-electron chi connectivity index (χ2n) is 4.01. The Morgan fingerprint density at radius 3 is 3.06 bits per heavy atom. The van der Waals surface area contributed by atoms with Crippen LogP contribution in [0.4, 0.5) is 0 Å². The molecule has 2 rings (SSSR count). The molecule has 0 saturated carbocycles. The van der Waals surface area contributed by atoms with Gasteiger partial charge in [0, 0.05) is 31.0 Å². The third kappa shape index (κ3) is 2.59. The lowest BCUT2D eigenvalue weighted by atomic mass is 10.1. The number of nitrogens with zero attached hydrogens (tertiary/aromatic N) is 4. The van der Waals surface area contributed by atoms with Gasteiger partial charge in [0.05, 0.1) is 6.61 Å². The topological polar surface area (TPSA) is 64.3 Å². The van der Waals surface area contributed by atoms with Crippen molar-refractivity contribution in [2.75, 3.05) is 20.8 Å². The van der Waals surface area contributed by atoms with E-state index in [0.717, 1.165) is 17.8 Å². The van der Waals surface area contributed by atoms with Crippen LogP contribution in [0, 0.1) is 6.92 Å². The minimum atomic E-state index is 0.259. The molecule has 0 aliphatic carbocycles. The van der Waals surface area contributed by atoms with E-state index in [0.29, 0.717) is 12.4 Å². The lowest BCUT2D eigenvalue weighted by Gasteiger charge is -2.15. The van der Waals surface area contributed by atoms with E-state index in [2.05, 4.69) is 20.4 Å². The second-order valence-corrected chi connectivity index (χ2v) is 4.01. The van der Waals surface area contributed by atoms with Gasteiger partial charge in [-0.1, -0.05) is 0 Å². The fourth-order valence-corrected chi connectivity index (χ4v) is 1.85. The molecule has 2 heterocycles. The van der Waals surface area contributed by atoms with Gasteiger partial charge in [-0.2, -0.15) is 10.1 Å². The van der Waals surface area contributed by atoms with Gasteiger partial charge >= 0.3 is 0 Å². The number of fused-ring (bicyclic) bond motifs is 1. The highest BCUT2D eigenvalue weighted by Gasteiger charge is 2.11. The first-order valence-corrected chi connectivity index (χ1v) is 5.57. The Balaban J connectivity index is 2.30. The smallest absolute Gasteiger partial charge is 0.252 e. The third-order valence-electron chi connectivity index (χ3n) is 2.69. The van der Waals surface area contributed by atoms with E-state index in [9.17, 15) is 0 Å². The summed E-state index contributed by atoms with van der Waals surface area (Å²) in [4.78, 5) is 8.42. The van der Waals surface area contributed by atoms with Crippen LogP contribution in [0.1, 0.15) is 11.4 Å². The highest BCUT2D eigenvalue weighted by Crippen LogP contribution is 2.07. The van der Waals surface area contributed by atoms with Crippen molar-refractivity contribution in [2.24, 2.45) is 0 Å². The normalized spacial score (nSPS) is 13.1. The largest absolute Gasteiger partial charge is 0.383 e. The molecule has 1 N–H and O–H groups in total. The number of nitrogens with one attached hydrogen (secondary N) is 1. The molecule has 0 aromatic carbocycles. The summed E-state index contributed by atoms with van der Waals surface area (Å²) in [7, 11) is 3.63. The van der Waals surface area contributed by atoms with Gasteiger partial charge in [0.15, 0.2) is 0 Å². The van der Waals surface area contributed by atoms with Crippen LogP contribution in [-0.2, 0) is 11.2 Å². The van der Waals surface area contributed by atoms with Gasteiger partial charge < -0.3 is 10.1 Å². The van der Waals surface area contributed by atoms with Crippen molar-refractivity contribution >= 4 is 5.78 Å². The number of ether oxygens (including phenoxy) is 1. The van der Waals surface area contributed by atoms with Gasteiger partial charge in [0.1, 0.15) is 6.33 Å². The van der Waals surface area contributed by atoms with Gasteiger partial charge in [0.2, 0.25) is 0 Å². The Kier molecular flexibility index (Phi) is 3.65. The first kappa shape index (κ1) is 11.9. The average molecular weight is 235 g/mol. The van der Waals surface area contributed by atoms with E-state index in [4.69, 9.17) is 4.74 Å². The molecule has 0 radical (unpaired) electrons. The maximum atomic E-state index is 5.17. The lowest BCUT2D eigenvalue weighted by Crippen LogP contribution is -2.32. The molecule has 17 heavy (non-hydrogen) atoms. The summed E-state index contributed by atoms with van der Waals surface area (Å²) in [5.74, 6) is 0.646. The highest BCUT2D eigenvalue weighted by atomic mass is 16.5. The Hall–Kier alpha value is -1.53. The molecule has 1 unspecified atom stereocenters. The van der Waals surface area contributed by atoms with E-state index in [1.165, 1.54) is 6.33 Å². The van der Waals surface area contributed by atoms with E-state index in [1.807, 2.05) is 20.0 Å². The Morgan fingerprint density at radius 2 is 2.35 bits per heavy atom. The molecule has 6 nitrogen and oxygen atoms in total. The Labute approximate surface area is 100 Å². The molecule has 2 aromatic heterocycles. The fraction of sp³-hybridized carbons (Fsp3) is 0.545. The van der Waals surface area contributed by atoms with Crippen LogP contribution in [0.3, 0.4) is 0 Å². The van der Waals surface area contributed by atoms with E-state index >= 15 is 0 Å². The standard InChI is InChI=1S/C11H17N5O/c1-8-4-10(5-9(12-2)6-17-3)16-11(15-8)13-7-14-16/h4,7,9,12H,5-6H2,1-3H3. The maximum Gasteiger partial charge on any atom is 0.252 e. The van der Waals surface area contributed by atoms with Crippen LogP contribution in [-0.4, -0.2) is 46.4 Å². The minimum Gasteiger partial charge on any atom is -0.383 e. The molecule has 0 aliphatic rings. The van der Waals surface area contributed by atoms with Crippen LogP contribution in [0.5, 0.6) is 0 Å². The molecule has 0 spiro atoms. The highest BCUT2D eigenvalue weighted by molar-refractivity contribution is 5.30. The SMILES string of the molecule is CNC(COC)Cc1cc(C)nc2ncnn12. The molecule has 0 aliphatic heterocycles. The lowest BCUT2D eigenvalue weighted by molar-refractivity contribution is 0.169. The van der Waals surface area contributed by atoms with Crippen molar-refractivity contribution < 1.29 is 4.74 Å². The summed E-state index contributed by atoms with van der Waals surface area (Å²) in [6.45, 7) is 2.62. The van der Waals surface area contributed by atoms with Crippen LogP contribution in [0.25, 0.3) is 5.78 Å². The fourth-order valence-electron chi connectivity index (χ4n) is 1.85. The van der Waals surface area contributed by atoms with Crippen molar-refractivity contribution in [1.29, 1.82) is 0 Å². The molecule has 0 amide bonds. The molecule has 1 atom stereocenters. The van der Waals surface area contributed by atoms with E-state index in [-0.39, 0.29) is 6.04 Å². The maximum absolute atomic E-state index is 5.17. The van der Waals surface area contributed by atoms with Crippen molar-refractivity contribution in [1.82, 2.24) is 24.9 Å². The molecular weight excluding hydrogens is 218 g/mol. The molecule has 0 fully saturated rings. The number of rotatable bonds is 5. The number of hydrogen-bond donors (Lipinski definition) is 1. The summed E-state index contributed by atoms with van der Waals surface area (Å²) in [6, 6.07) is 2.29. The van der Waals surface area contributed by atoms with E-state index < -0.39 is 0 Å². The number of aryl methyl sites for hydroxylation is 1. The van der Waals surface area contributed by atoms with Crippen LogP contribution >= 0.6 is 0 Å². The molecule has 92 valence electrons. The number of hydrogen-bond acceptors (Lipinski definition) is 5. The van der Waals surface area contributed by atoms with Crippen LogP contribution in [0.15, 0.2) is 12.4 Å². The van der Waals surface area contributed by atoms with Crippen LogP contribution in [0.2, 0.25) is 0 Å². The second kappa shape index (κ2) is 5.20. The summed E-state index contributed by atoms with van der Waals surface area (Å²) >= 11 is 0. The number of likely N-dealkylation sites (N-methyl/N-ethyl adjacent to an activating group) is 1. The average Bonchev–Trinajstić information content (AvgIpc) is 2.76. The molecule has 0 bridgehead atoms. The molecule has 2 aromatic rings. The summed E-state index contributed by atoms with van der Waals surface area (Å²) in [5.41, 5.74) is 2.04. The van der Waals surface area contributed by atoms with Crippen LogP contribution < -0.4 is 5.32 Å². The monoisotopic (exact) mass is 235 g/mol. The quantitative estimate of drug-likeness (QED) is 0.802. The zero-order chi connectivity index (χ0) is 12.3. The van der Waals surface area contributed by atoms with Gasteiger partial charge in [0.25, 0.3) is 5.78 Å². The van der Waals surface area contributed by atoms with Gasteiger partial charge in [-0.05, 0) is 20.0 Å². The van der Waals surface area contributed by atoms with Crippen molar-refractivity contribution in [3.05, 3.63) is 23.8 Å². The molecule has 6 heteroatoms. The van der Waals surface area contributed by atoms with Crippen molar-refractivity contribution in [3.8, 4) is 0 Å². The van der Waals surface area contributed by atoms with Gasteiger partial charge in [-0.15, -0.1) is 0 Å². The Bertz CT molecular complexity index is 496. The molecule has 0 saturated heterocycles.